The Labute approximate surface area is 195 Å². The first-order chi connectivity index (χ1) is 16.1. The van der Waals surface area contributed by atoms with Crippen molar-refractivity contribution in [2.45, 2.75) is 30.8 Å². The van der Waals surface area contributed by atoms with Crippen LogP contribution in [-0.4, -0.2) is 74.7 Å². The number of ether oxygens (including phenoxy) is 2. The van der Waals surface area contributed by atoms with Crippen molar-refractivity contribution < 1.29 is 19.1 Å². The van der Waals surface area contributed by atoms with Gasteiger partial charge in [-0.2, -0.15) is 0 Å². The zero-order chi connectivity index (χ0) is 23.3. The molecular weight excluding hydrogens is 418 g/mol. The van der Waals surface area contributed by atoms with Gasteiger partial charge in [-0.1, -0.05) is 42.5 Å². The van der Waals surface area contributed by atoms with Crippen molar-refractivity contribution >= 4 is 11.8 Å². The Morgan fingerprint density at radius 2 is 1.76 bits per heavy atom. The molecule has 2 aliphatic heterocycles. The molecule has 0 aliphatic carbocycles. The van der Waals surface area contributed by atoms with Gasteiger partial charge in [0.25, 0.3) is 0 Å². The van der Waals surface area contributed by atoms with Crippen molar-refractivity contribution in [3.05, 3.63) is 65.7 Å². The van der Waals surface area contributed by atoms with Gasteiger partial charge in [-0.05, 0) is 36.1 Å². The van der Waals surface area contributed by atoms with Gasteiger partial charge in [-0.25, -0.2) is 0 Å². The molecule has 1 unspecified atom stereocenters. The molecule has 7 nitrogen and oxygen atoms in total. The Kier molecular flexibility index (Phi) is 7.30. The summed E-state index contributed by atoms with van der Waals surface area (Å²) in [7, 11) is 3.27. The van der Waals surface area contributed by atoms with E-state index in [4.69, 9.17) is 9.47 Å². The Morgan fingerprint density at radius 3 is 2.39 bits per heavy atom. The number of carbonyl (C=O) groups excluding carboxylic acids is 2. The van der Waals surface area contributed by atoms with E-state index in [-0.39, 0.29) is 11.8 Å². The number of rotatable bonds is 6. The molecule has 2 saturated heterocycles. The molecule has 1 atom stereocenters. The van der Waals surface area contributed by atoms with E-state index in [1.165, 1.54) is 5.56 Å². The Morgan fingerprint density at radius 1 is 1.06 bits per heavy atom. The van der Waals surface area contributed by atoms with Crippen LogP contribution in [0.5, 0.6) is 5.75 Å². The van der Waals surface area contributed by atoms with E-state index in [0.29, 0.717) is 39.1 Å². The quantitative estimate of drug-likeness (QED) is 0.729. The zero-order valence-electron chi connectivity index (χ0n) is 19.5. The average Bonchev–Trinajstić information content (AvgIpc) is 2.89. The molecule has 2 fully saturated rings. The molecule has 0 spiro atoms. The lowest BCUT2D eigenvalue weighted by Crippen LogP contribution is -2.63. The fraction of sp³-hybridized carbons (Fsp3) is 0.462. The third-order valence-corrected chi connectivity index (χ3v) is 6.92. The highest BCUT2D eigenvalue weighted by molar-refractivity contribution is 5.93. The lowest BCUT2D eigenvalue weighted by molar-refractivity contribution is -0.151. The molecule has 2 aromatic rings. The molecule has 2 heterocycles. The monoisotopic (exact) mass is 451 g/mol. The lowest BCUT2D eigenvalue weighted by atomic mass is 9.72. The second-order valence-electron chi connectivity index (χ2n) is 8.77. The molecule has 33 heavy (non-hydrogen) atoms. The summed E-state index contributed by atoms with van der Waals surface area (Å²) >= 11 is 0. The summed E-state index contributed by atoms with van der Waals surface area (Å²) in [5.74, 6) is 0.646. The number of likely N-dealkylation sites (N-methyl/N-ethyl adjacent to an activating group) is 1. The minimum Gasteiger partial charge on any atom is -0.497 e. The molecule has 0 radical (unpaired) electrons. The van der Waals surface area contributed by atoms with Crippen molar-refractivity contribution in [1.82, 2.24) is 15.1 Å². The number of hydrogen-bond acceptors (Lipinski definition) is 5. The number of amides is 2. The summed E-state index contributed by atoms with van der Waals surface area (Å²) in [6.45, 7) is 3.56. The fourth-order valence-electron chi connectivity index (χ4n) is 4.99. The van der Waals surface area contributed by atoms with Gasteiger partial charge < -0.3 is 19.7 Å². The van der Waals surface area contributed by atoms with Gasteiger partial charge in [0.2, 0.25) is 11.8 Å². The van der Waals surface area contributed by atoms with Crippen LogP contribution < -0.4 is 10.1 Å². The van der Waals surface area contributed by atoms with Crippen molar-refractivity contribution in [1.29, 1.82) is 0 Å². The summed E-state index contributed by atoms with van der Waals surface area (Å²) in [5, 5.41) is 2.77. The third-order valence-electron chi connectivity index (χ3n) is 6.92. The predicted octanol–water partition coefficient (Wildman–Crippen LogP) is 2.20. The van der Waals surface area contributed by atoms with Crippen LogP contribution in [0.15, 0.2) is 54.6 Å². The maximum absolute atomic E-state index is 14.2. The summed E-state index contributed by atoms with van der Waals surface area (Å²) < 4.78 is 10.9. The normalized spacial score (nSPS) is 20.8. The highest BCUT2D eigenvalue weighted by Crippen LogP contribution is 2.38. The first kappa shape index (κ1) is 23.3. The number of carbonyl (C=O) groups is 2. The van der Waals surface area contributed by atoms with Gasteiger partial charge >= 0.3 is 0 Å². The van der Waals surface area contributed by atoms with Gasteiger partial charge in [0.1, 0.15) is 11.8 Å². The predicted molar refractivity (Wildman–Crippen MR) is 126 cm³/mol. The summed E-state index contributed by atoms with van der Waals surface area (Å²) in [5.41, 5.74) is 1.46. The summed E-state index contributed by atoms with van der Waals surface area (Å²) in [6, 6.07) is 17.4. The van der Waals surface area contributed by atoms with Crippen LogP contribution in [0, 0.1) is 0 Å². The van der Waals surface area contributed by atoms with Crippen LogP contribution in [0.3, 0.4) is 0 Å². The molecule has 1 N–H and O–H groups in total. The van der Waals surface area contributed by atoms with Crippen molar-refractivity contribution in [2.24, 2.45) is 0 Å². The minimum absolute atomic E-state index is 0.0175. The van der Waals surface area contributed by atoms with Crippen LogP contribution in [0.1, 0.15) is 24.0 Å². The van der Waals surface area contributed by atoms with Crippen molar-refractivity contribution in [2.75, 3.05) is 47.0 Å². The molecule has 176 valence electrons. The second kappa shape index (κ2) is 10.4. The number of methoxy groups -OCH3 is 1. The standard InChI is InChI=1S/C26H33N3O4/c1-27-24(30)23-19-28(18-20-6-4-3-5-7-20)14-15-29(23)25(31)26(12-16-33-17-13-26)21-8-10-22(32-2)11-9-21/h3-11,23H,12-19H2,1-2H3,(H,27,30). The number of nitrogens with one attached hydrogen (secondary N) is 1. The Bertz CT molecular complexity index is 942. The van der Waals surface area contributed by atoms with E-state index in [0.717, 1.165) is 24.4 Å². The van der Waals surface area contributed by atoms with E-state index in [1.807, 2.05) is 42.5 Å². The zero-order valence-corrected chi connectivity index (χ0v) is 19.5. The van der Waals surface area contributed by atoms with Crippen molar-refractivity contribution in [3.63, 3.8) is 0 Å². The number of nitrogens with zero attached hydrogens (tertiary/aromatic N) is 2. The highest BCUT2D eigenvalue weighted by Gasteiger charge is 2.47. The summed E-state index contributed by atoms with van der Waals surface area (Å²) in [4.78, 5) is 31.1. The number of piperazine rings is 1. The molecule has 2 aromatic carbocycles. The maximum atomic E-state index is 14.2. The molecule has 4 rings (SSSR count). The number of hydrogen-bond donors (Lipinski definition) is 1. The van der Waals surface area contributed by atoms with Gasteiger partial charge in [-0.3, -0.25) is 14.5 Å². The second-order valence-corrected chi connectivity index (χ2v) is 8.77. The third kappa shape index (κ3) is 4.89. The van der Waals surface area contributed by atoms with Crippen LogP contribution >= 0.6 is 0 Å². The Hall–Kier alpha value is -2.90. The van der Waals surface area contributed by atoms with E-state index in [9.17, 15) is 9.59 Å². The largest absolute Gasteiger partial charge is 0.497 e. The van der Waals surface area contributed by atoms with Crippen molar-refractivity contribution in [3.8, 4) is 5.75 Å². The van der Waals surface area contributed by atoms with E-state index in [2.05, 4.69) is 22.3 Å². The van der Waals surface area contributed by atoms with Gasteiger partial charge in [-0.15, -0.1) is 0 Å². The topological polar surface area (TPSA) is 71.1 Å². The van der Waals surface area contributed by atoms with E-state index >= 15 is 0 Å². The van der Waals surface area contributed by atoms with Crippen LogP contribution in [0.2, 0.25) is 0 Å². The van der Waals surface area contributed by atoms with Gasteiger partial charge in [0, 0.05) is 46.4 Å². The molecular formula is C26H33N3O4. The SMILES string of the molecule is CNC(=O)C1CN(Cc2ccccc2)CCN1C(=O)C1(c2ccc(OC)cc2)CCOCC1. The van der Waals surface area contributed by atoms with E-state index < -0.39 is 11.5 Å². The molecule has 2 aliphatic rings. The molecule has 2 amide bonds. The molecule has 0 aromatic heterocycles. The molecule has 0 saturated carbocycles. The highest BCUT2D eigenvalue weighted by atomic mass is 16.5. The first-order valence-electron chi connectivity index (χ1n) is 11.6. The van der Waals surface area contributed by atoms with Crippen LogP contribution in [0.4, 0.5) is 0 Å². The summed E-state index contributed by atoms with van der Waals surface area (Å²) in [6.07, 6.45) is 1.20. The minimum atomic E-state index is -0.696. The molecule has 0 bridgehead atoms. The van der Waals surface area contributed by atoms with Crippen LogP contribution in [0.25, 0.3) is 0 Å². The van der Waals surface area contributed by atoms with Gasteiger partial charge in [0.05, 0.1) is 12.5 Å². The van der Waals surface area contributed by atoms with Crippen LogP contribution in [-0.2, 0) is 26.3 Å². The lowest BCUT2D eigenvalue weighted by Gasteiger charge is -2.46. The van der Waals surface area contributed by atoms with E-state index in [1.54, 1.807) is 19.1 Å². The van der Waals surface area contributed by atoms with Gasteiger partial charge in [0.15, 0.2) is 0 Å². The first-order valence-corrected chi connectivity index (χ1v) is 11.6. The molecule has 7 heteroatoms. The smallest absolute Gasteiger partial charge is 0.243 e. The maximum Gasteiger partial charge on any atom is 0.243 e. The average molecular weight is 452 g/mol. The Balaban J connectivity index is 1.60. The number of benzene rings is 2. The fourth-order valence-corrected chi connectivity index (χ4v) is 4.99.